The summed E-state index contributed by atoms with van der Waals surface area (Å²) in [5, 5.41) is 0. The van der Waals surface area contributed by atoms with Gasteiger partial charge in [0.25, 0.3) is 0 Å². The number of aromatic nitrogens is 2. The van der Waals surface area contributed by atoms with Crippen LogP contribution in [0.4, 0.5) is 0 Å². The van der Waals surface area contributed by atoms with E-state index in [0.717, 1.165) is 44.6 Å². The van der Waals surface area contributed by atoms with Crippen LogP contribution in [-0.4, -0.2) is 4.98 Å². The van der Waals surface area contributed by atoms with Crippen LogP contribution in [0.1, 0.15) is 44.4 Å². The summed E-state index contributed by atoms with van der Waals surface area (Å²) in [7, 11) is 1.95. The number of fused-ring (bicyclic) bond motifs is 3. The number of benzene rings is 2. The zero-order valence-corrected chi connectivity index (χ0v) is 17.3. The average Bonchev–Trinajstić information content (AvgIpc) is 3.09. The van der Waals surface area contributed by atoms with Crippen LogP contribution < -0.4 is 4.57 Å². The number of hydrogen-bond acceptors (Lipinski definition) is 1. The molecule has 0 saturated carbocycles. The summed E-state index contributed by atoms with van der Waals surface area (Å²) in [4.78, 5) is 4.55. The maximum atomic E-state index is 8.52. The van der Waals surface area contributed by atoms with Gasteiger partial charge in [0, 0.05) is 37.0 Å². The van der Waals surface area contributed by atoms with Gasteiger partial charge in [-0.25, -0.2) is 4.57 Å². The summed E-state index contributed by atoms with van der Waals surface area (Å²) in [6.07, 6.45) is 3.65. The van der Waals surface area contributed by atoms with Gasteiger partial charge >= 0.3 is 0 Å². The Kier molecular flexibility index (Phi) is 2.90. The number of nitrogens with zero attached hydrogens (tertiary/aromatic N) is 2. The molecule has 2 heteroatoms. The van der Waals surface area contributed by atoms with Crippen LogP contribution in [0, 0.1) is 13.8 Å². The smallest absolute Gasteiger partial charge is 0.212 e. The van der Waals surface area contributed by atoms with E-state index in [1.54, 1.807) is 25.3 Å². The van der Waals surface area contributed by atoms with Crippen molar-refractivity contribution in [3.63, 3.8) is 0 Å². The van der Waals surface area contributed by atoms with Gasteiger partial charge in [0.05, 0.1) is 11.3 Å². The molecule has 2 aromatic carbocycles. The highest BCUT2D eigenvalue weighted by Gasteiger charge is 2.40. The Morgan fingerprint density at radius 3 is 2.47 bits per heavy atom. The highest BCUT2D eigenvalue weighted by atomic mass is 14.9. The van der Waals surface area contributed by atoms with E-state index in [-0.39, 0.29) is 0 Å². The van der Waals surface area contributed by atoms with Crippen molar-refractivity contribution in [3.8, 4) is 33.5 Å². The van der Waals surface area contributed by atoms with Crippen molar-refractivity contribution in [2.45, 2.75) is 33.0 Å². The van der Waals surface area contributed by atoms with Crippen LogP contribution in [0.5, 0.6) is 0 Å². The summed E-state index contributed by atoms with van der Waals surface area (Å²) in [5.74, 6) is 0. The van der Waals surface area contributed by atoms with Gasteiger partial charge in [0.1, 0.15) is 7.05 Å². The zero-order valence-electron chi connectivity index (χ0n) is 23.3. The molecule has 0 fully saturated rings. The molecule has 0 radical (unpaired) electrons. The predicted molar refractivity (Wildman–Crippen MR) is 123 cm³/mol. The number of pyridine rings is 2. The molecule has 0 bridgehead atoms. The van der Waals surface area contributed by atoms with Crippen molar-refractivity contribution in [2.75, 3.05) is 0 Å². The minimum atomic E-state index is -2.30. The second kappa shape index (κ2) is 6.63. The van der Waals surface area contributed by atoms with Gasteiger partial charge in [-0.1, -0.05) is 61.8 Å². The minimum absolute atomic E-state index is 0.305. The van der Waals surface area contributed by atoms with Gasteiger partial charge in [0.15, 0.2) is 6.20 Å². The Bertz CT molecular complexity index is 1490. The van der Waals surface area contributed by atoms with E-state index in [0.29, 0.717) is 11.3 Å². The molecule has 1 aliphatic rings. The molecule has 4 aromatic rings. The molecule has 1 atom stereocenters. The van der Waals surface area contributed by atoms with Crippen LogP contribution in [0.25, 0.3) is 33.5 Å². The average molecular weight is 398 g/mol. The summed E-state index contributed by atoms with van der Waals surface area (Å²) in [5.41, 5.74) is 6.81. The Balaban J connectivity index is 1.69. The molecular weight excluding hydrogens is 364 g/mol. The quantitative estimate of drug-likeness (QED) is 0.370. The van der Waals surface area contributed by atoms with Gasteiger partial charge in [-0.3, -0.25) is 4.98 Å². The van der Waals surface area contributed by atoms with Crippen LogP contribution in [-0.2, 0) is 12.5 Å². The van der Waals surface area contributed by atoms with Crippen molar-refractivity contribution >= 4 is 0 Å². The lowest BCUT2D eigenvalue weighted by molar-refractivity contribution is -0.659. The molecule has 2 aromatic heterocycles. The Labute approximate surface area is 187 Å². The maximum absolute atomic E-state index is 8.52. The van der Waals surface area contributed by atoms with E-state index in [1.807, 2.05) is 73.3 Å². The van der Waals surface area contributed by atoms with Gasteiger partial charge < -0.3 is 0 Å². The van der Waals surface area contributed by atoms with Crippen LogP contribution in [0.3, 0.4) is 0 Å². The number of hydrogen-bond donors (Lipinski definition) is 0. The van der Waals surface area contributed by atoms with E-state index >= 15 is 0 Å². The minimum Gasteiger partial charge on any atom is -0.260 e. The molecule has 2 nitrogen and oxygen atoms in total. The molecule has 0 saturated heterocycles. The Morgan fingerprint density at radius 2 is 1.73 bits per heavy atom. The molecule has 0 N–H and O–H groups in total. The molecule has 2 heterocycles. The lowest BCUT2D eigenvalue weighted by Gasteiger charge is -2.23. The largest absolute Gasteiger partial charge is 0.260 e. The Hall–Kier alpha value is -3.26. The third kappa shape index (κ3) is 2.71. The second-order valence-corrected chi connectivity index (χ2v) is 8.20. The van der Waals surface area contributed by atoms with Crippen LogP contribution in [0.15, 0.2) is 73.1 Å². The summed E-state index contributed by atoms with van der Waals surface area (Å²) in [6.45, 7) is -0.651. The van der Waals surface area contributed by atoms with E-state index in [2.05, 4.69) is 4.98 Å². The van der Waals surface area contributed by atoms with Gasteiger partial charge in [-0.05, 0) is 48.2 Å². The number of rotatable bonds is 2. The molecule has 0 amide bonds. The topological polar surface area (TPSA) is 16.8 Å². The Morgan fingerprint density at radius 1 is 0.933 bits per heavy atom. The molecule has 0 aliphatic heterocycles. The lowest BCUT2D eigenvalue weighted by Crippen LogP contribution is -2.32. The number of aryl methyl sites for hydroxylation is 3. The van der Waals surface area contributed by atoms with Crippen molar-refractivity contribution < 1.29 is 12.8 Å². The maximum Gasteiger partial charge on any atom is 0.212 e. The zero-order chi connectivity index (χ0) is 26.0. The fourth-order valence-electron chi connectivity index (χ4n) is 4.62. The van der Waals surface area contributed by atoms with Crippen LogP contribution >= 0.6 is 0 Å². The molecule has 30 heavy (non-hydrogen) atoms. The fraction of sp³-hybridized carbons (Fsp3) is 0.214. The first kappa shape index (κ1) is 13.1. The monoisotopic (exact) mass is 397 g/mol. The third-order valence-electron chi connectivity index (χ3n) is 6.09. The SMILES string of the molecule is [2H]C([2H])([2H])c1ccc(-c2ccc(-c3c(C)ccc4c3C(C)(C([2H])([2H])[2H])c3ncccc3-4)[n+](C)c2)cc1. The summed E-state index contributed by atoms with van der Waals surface area (Å²) < 4.78 is 50.4. The first-order valence-electron chi connectivity index (χ1n) is 13.0. The predicted octanol–water partition coefficient (Wildman–Crippen LogP) is 6.16. The molecule has 5 rings (SSSR count). The van der Waals surface area contributed by atoms with E-state index in [1.165, 1.54) is 0 Å². The standard InChI is InChI=1S/C28H27N2/c1-18-8-11-20(12-9-18)21-13-15-24(30(5)17-21)25-19(2)10-14-22-23-7-6-16-29-27(23)28(3,4)26(22)25/h6-17H,1-5H3/q+1/i1D3,3D3. The second-order valence-electron chi connectivity index (χ2n) is 8.20. The third-order valence-corrected chi connectivity index (χ3v) is 6.09. The van der Waals surface area contributed by atoms with E-state index < -0.39 is 19.1 Å². The summed E-state index contributed by atoms with van der Waals surface area (Å²) in [6, 6.07) is 18.7. The summed E-state index contributed by atoms with van der Waals surface area (Å²) >= 11 is 0. The molecular formula is C28H27N2+. The highest BCUT2D eigenvalue weighted by Crippen LogP contribution is 2.51. The highest BCUT2D eigenvalue weighted by molar-refractivity contribution is 5.87. The first-order chi connectivity index (χ1) is 16.8. The molecule has 0 spiro atoms. The van der Waals surface area contributed by atoms with Crippen molar-refractivity contribution in [2.24, 2.45) is 7.05 Å². The fourth-order valence-corrected chi connectivity index (χ4v) is 4.62. The molecule has 1 unspecified atom stereocenters. The normalized spacial score (nSPS) is 20.8. The molecule has 1 aliphatic carbocycles. The van der Waals surface area contributed by atoms with Crippen LogP contribution in [0.2, 0.25) is 0 Å². The van der Waals surface area contributed by atoms with E-state index in [4.69, 9.17) is 8.22 Å². The first-order valence-corrected chi connectivity index (χ1v) is 10.0. The van der Waals surface area contributed by atoms with Crippen molar-refractivity contribution in [3.05, 3.63) is 95.4 Å². The van der Waals surface area contributed by atoms with Crippen molar-refractivity contribution in [1.29, 1.82) is 0 Å². The van der Waals surface area contributed by atoms with Gasteiger partial charge in [0.2, 0.25) is 5.69 Å². The van der Waals surface area contributed by atoms with Gasteiger partial charge in [-0.15, -0.1) is 0 Å². The molecule has 148 valence electrons. The van der Waals surface area contributed by atoms with E-state index in [9.17, 15) is 0 Å². The lowest BCUT2D eigenvalue weighted by atomic mass is 9.80. The van der Waals surface area contributed by atoms with Gasteiger partial charge in [-0.2, -0.15) is 0 Å². The van der Waals surface area contributed by atoms with Crippen molar-refractivity contribution in [1.82, 2.24) is 4.98 Å².